The first-order chi connectivity index (χ1) is 6.63. The molecule has 1 aromatic rings. The van der Waals surface area contributed by atoms with Crippen molar-refractivity contribution in [1.82, 2.24) is 10.2 Å². The van der Waals surface area contributed by atoms with E-state index in [1.165, 1.54) is 6.42 Å². The van der Waals surface area contributed by atoms with Crippen LogP contribution in [0.5, 0.6) is 0 Å². The van der Waals surface area contributed by atoms with Crippen molar-refractivity contribution in [1.29, 1.82) is 0 Å². The first-order valence-corrected chi connectivity index (χ1v) is 5.13. The molecule has 0 bridgehead atoms. The molecule has 1 aromatic heterocycles. The Labute approximate surface area is 82.9 Å². The van der Waals surface area contributed by atoms with Crippen LogP contribution in [0.25, 0.3) is 0 Å². The lowest BCUT2D eigenvalue weighted by molar-refractivity contribution is 0.302. The molecule has 1 heterocycles. The van der Waals surface area contributed by atoms with Gasteiger partial charge in [-0.15, -0.1) is 0 Å². The SMILES string of the molecule is CC1(c2[nH]nc(N)c2F)CCCCC1. The van der Waals surface area contributed by atoms with Gasteiger partial charge in [0.05, 0.1) is 5.69 Å². The van der Waals surface area contributed by atoms with Gasteiger partial charge >= 0.3 is 0 Å². The van der Waals surface area contributed by atoms with Crippen molar-refractivity contribution in [2.24, 2.45) is 0 Å². The lowest BCUT2D eigenvalue weighted by atomic mass is 9.73. The van der Waals surface area contributed by atoms with Crippen LogP contribution in [0.2, 0.25) is 0 Å². The van der Waals surface area contributed by atoms with Gasteiger partial charge in [0.1, 0.15) is 0 Å². The van der Waals surface area contributed by atoms with E-state index < -0.39 is 0 Å². The highest BCUT2D eigenvalue weighted by Crippen LogP contribution is 2.39. The van der Waals surface area contributed by atoms with Crippen LogP contribution >= 0.6 is 0 Å². The number of aromatic amines is 1. The Morgan fingerprint density at radius 3 is 2.50 bits per heavy atom. The molecule has 1 aliphatic rings. The molecule has 2 rings (SSSR count). The van der Waals surface area contributed by atoms with Crippen molar-refractivity contribution in [3.63, 3.8) is 0 Å². The molecule has 4 heteroatoms. The summed E-state index contributed by atoms with van der Waals surface area (Å²) in [7, 11) is 0. The maximum atomic E-state index is 13.6. The second-order valence-corrected chi connectivity index (χ2v) is 4.42. The first kappa shape index (κ1) is 9.49. The van der Waals surface area contributed by atoms with Gasteiger partial charge in [-0.25, -0.2) is 4.39 Å². The largest absolute Gasteiger partial charge is 0.380 e. The lowest BCUT2D eigenvalue weighted by Gasteiger charge is -2.32. The highest BCUT2D eigenvalue weighted by atomic mass is 19.1. The fourth-order valence-electron chi connectivity index (χ4n) is 2.32. The van der Waals surface area contributed by atoms with E-state index in [0.29, 0.717) is 5.69 Å². The molecule has 1 aliphatic carbocycles. The van der Waals surface area contributed by atoms with E-state index in [2.05, 4.69) is 17.1 Å². The van der Waals surface area contributed by atoms with Gasteiger partial charge in [0.2, 0.25) is 0 Å². The second-order valence-electron chi connectivity index (χ2n) is 4.42. The number of aromatic nitrogens is 2. The summed E-state index contributed by atoms with van der Waals surface area (Å²) >= 11 is 0. The highest BCUT2D eigenvalue weighted by Gasteiger charge is 2.33. The summed E-state index contributed by atoms with van der Waals surface area (Å²) in [5, 5.41) is 6.45. The third-order valence-corrected chi connectivity index (χ3v) is 3.29. The van der Waals surface area contributed by atoms with Gasteiger partial charge in [0, 0.05) is 5.41 Å². The summed E-state index contributed by atoms with van der Waals surface area (Å²) in [4.78, 5) is 0. The number of hydrogen-bond acceptors (Lipinski definition) is 2. The summed E-state index contributed by atoms with van der Waals surface area (Å²) < 4.78 is 13.6. The topological polar surface area (TPSA) is 54.7 Å². The van der Waals surface area contributed by atoms with Crippen LogP contribution in [-0.4, -0.2) is 10.2 Å². The van der Waals surface area contributed by atoms with Crippen LogP contribution in [-0.2, 0) is 5.41 Å². The van der Waals surface area contributed by atoms with Gasteiger partial charge in [0.25, 0.3) is 0 Å². The molecule has 1 saturated carbocycles. The molecule has 0 spiro atoms. The van der Waals surface area contributed by atoms with E-state index in [0.717, 1.165) is 25.7 Å². The fraction of sp³-hybridized carbons (Fsp3) is 0.700. The van der Waals surface area contributed by atoms with E-state index in [1.54, 1.807) is 0 Å². The number of rotatable bonds is 1. The summed E-state index contributed by atoms with van der Waals surface area (Å²) in [5.74, 6) is -0.360. The first-order valence-electron chi connectivity index (χ1n) is 5.13. The second kappa shape index (κ2) is 3.26. The smallest absolute Gasteiger partial charge is 0.188 e. The van der Waals surface area contributed by atoms with Gasteiger partial charge in [-0.05, 0) is 12.8 Å². The maximum absolute atomic E-state index is 13.6. The molecule has 0 aliphatic heterocycles. The predicted molar refractivity (Wildman–Crippen MR) is 53.4 cm³/mol. The number of nitrogens with one attached hydrogen (secondary N) is 1. The molecular weight excluding hydrogens is 181 g/mol. The summed E-state index contributed by atoms with van der Waals surface area (Å²) in [6, 6.07) is 0. The summed E-state index contributed by atoms with van der Waals surface area (Å²) in [6.45, 7) is 2.09. The molecular formula is C10H16FN3. The third-order valence-electron chi connectivity index (χ3n) is 3.29. The minimum atomic E-state index is -0.352. The molecule has 0 unspecified atom stereocenters. The number of nitrogens with zero attached hydrogens (tertiary/aromatic N) is 1. The molecule has 0 radical (unpaired) electrons. The quantitative estimate of drug-likeness (QED) is 0.726. The molecule has 3 N–H and O–H groups in total. The van der Waals surface area contributed by atoms with Crippen LogP contribution in [0.15, 0.2) is 0 Å². The van der Waals surface area contributed by atoms with Crippen LogP contribution in [0.3, 0.4) is 0 Å². The van der Waals surface area contributed by atoms with Crippen LogP contribution in [0.4, 0.5) is 10.2 Å². The molecule has 78 valence electrons. The Balaban J connectivity index is 2.32. The highest BCUT2D eigenvalue weighted by molar-refractivity contribution is 5.35. The average Bonchev–Trinajstić information content (AvgIpc) is 2.49. The fourth-order valence-corrected chi connectivity index (χ4v) is 2.32. The van der Waals surface area contributed by atoms with Crippen LogP contribution in [0.1, 0.15) is 44.7 Å². The number of halogens is 1. The number of anilines is 1. The molecule has 14 heavy (non-hydrogen) atoms. The number of H-pyrrole nitrogens is 1. The van der Waals surface area contributed by atoms with Crippen molar-refractivity contribution in [2.75, 3.05) is 5.73 Å². The normalized spacial score (nSPS) is 21.0. The lowest BCUT2D eigenvalue weighted by Crippen LogP contribution is -2.26. The van der Waals surface area contributed by atoms with E-state index in [4.69, 9.17) is 5.73 Å². The van der Waals surface area contributed by atoms with Gasteiger partial charge in [0.15, 0.2) is 11.6 Å². The zero-order chi connectivity index (χ0) is 10.2. The predicted octanol–water partition coefficient (Wildman–Crippen LogP) is 2.35. The number of nitrogens with two attached hydrogens (primary N) is 1. The Kier molecular flexibility index (Phi) is 2.21. The summed E-state index contributed by atoms with van der Waals surface area (Å²) in [5.41, 5.74) is 5.89. The minimum Gasteiger partial charge on any atom is -0.380 e. The van der Waals surface area contributed by atoms with Crippen molar-refractivity contribution in [3.05, 3.63) is 11.5 Å². The minimum absolute atomic E-state index is 0.00759. The molecule has 0 saturated heterocycles. The van der Waals surface area contributed by atoms with E-state index >= 15 is 0 Å². The molecule has 3 nitrogen and oxygen atoms in total. The van der Waals surface area contributed by atoms with Crippen LogP contribution in [0, 0.1) is 5.82 Å². The Hall–Kier alpha value is -1.06. The zero-order valence-electron chi connectivity index (χ0n) is 8.44. The average molecular weight is 197 g/mol. The van der Waals surface area contributed by atoms with Crippen molar-refractivity contribution in [2.45, 2.75) is 44.4 Å². The van der Waals surface area contributed by atoms with Crippen molar-refractivity contribution < 1.29 is 4.39 Å². The standard InChI is InChI=1S/C10H16FN3/c1-10(5-3-2-4-6-10)8-7(11)9(12)14-13-8/h2-6H2,1H3,(H3,12,13,14). The van der Waals surface area contributed by atoms with E-state index in [9.17, 15) is 4.39 Å². The molecule has 0 amide bonds. The Bertz CT molecular complexity index is 326. The molecule has 0 atom stereocenters. The monoisotopic (exact) mass is 197 g/mol. The van der Waals surface area contributed by atoms with Crippen molar-refractivity contribution >= 4 is 5.82 Å². The maximum Gasteiger partial charge on any atom is 0.188 e. The van der Waals surface area contributed by atoms with Gasteiger partial charge in [-0.3, -0.25) is 5.10 Å². The third kappa shape index (κ3) is 1.38. The van der Waals surface area contributed by atoms with Crippen molar-refractivity contribution in [3.8, 4) is 0 Å². The summed E-state index contributed by atoms with van der Waals surface area (Å²) in [6.07, 6.45) is 5.61. The van der Waals surface area contributed by atoms with E-state index in [-0.39, 0.29) is 17.1 Å². The zero-order valence-corrected chi connectivity index (χ0v) is 8.44. The van der Waals surface area contributed by atoms with E-state index in [1.807, 2.05) is 0 Å². The Morgan fingerprint density at radius 1 is 1.36 bits per heavy atom. The van der Waals surface area contributed by atoms with Gasteiger partial charge < -0.3 is 5.73 Å². The molecule has 1 fully saturated rings. The van der Waals surface area contributed by atoms with Gasteiger partial charge in [-0.2, -0.15) is 5.10 Å². The number of hydrogen-bond donors (Lipinski definition) is 2. The number of nitrogen functional groups attached to an aromatic ring is 1. The Morgan fingerprint density at radius 2 is 2.00 bits per heavy atom. The van der Waals surface area contributed by atoms with Gasteiger partial charge in [-0.1, -0.05) is 26.2 Å². The van der Waals surface area contributed by atoms with Crippen LogP contribution < -0.4 is 5.73 Å². The molecule has 0 aromatic carbocycles.